The van der Waals surface area contributed by atoms with Crippen LogP contribution in [0.2, 0.25) is 0 Å². The number of rotatable bonds is 3. The fourth-order valence-corrected chi connectivity index (χ4v) is 1.49. The summed E-state index contributed by atoms with van der Waals surface area (Å²) in [5.41, 5.74) is 1.14. The summed E-state index contributed by atoms with van der Waals surface area (Å²) in [5.74, 6) is 0.242. The fourth-order valence-electron chi connectivity index (χ4n) is 1.49. The van der Waals surface area contributed by atoms with E-state index < -0.39 is 0 Å². The van der Waals surface area contributed by atoms with Gasteiger partial charge in [-0.3, -0.25) is 0 Å². The molecule has 0 amide bonds. The number of hydrogen-bond donors (Lipinski definition) is 0. The smallest absolute Gasteiger partial charge is 0.228 e. The number of nitrogens with zero attached hydrogens (tertiary/aromatic N) is 3. The Hall–Kier alpha value is -2.22. The zero-order valence-electron chi connectivity index (χ0n) is 10.1. The monoisotopic (exact) mass is 245 g/mol. The van der Waals surface area contributed by atoms with Crippen LogP contribution >= 0.6 is 0 Å². The third kappa shape index (κ3) is 2.54. The van der Waals surface area contributed by atoms with E-state index in [0.29, 0.717) is 29.3 Å². The van der Waals surface area contributed by atoms with Gasteiger partial charge in [0, 0.05) is 12.0 Å². The molecule has 1 aromatic heterocycles. The van der Waals surface area contributed by atoms with Gasteiger partial charge in [-0.15, -0.1) is 0 Å². The van der Waals surface area contributed by atoms with Crippen molar-refractivity contribution in [2.45, 2.75) is 20.3 Å². The van der Waals surface area contributed by atoms with E-state index in [-0.39, 0.29) is 11.7 Å². The second-order valence-corrected chi connectivity index (χ2v) is 4.21. The molecule has 18 heavy (non-hydrogen) atoms. The maximum absolute atomic E-state index is 13.4. The molecule has 0 spiro atoms. The molecule has 2 rings (SSSR count). The summed E-state index contributed by atoms with van der Waals surface area (Å²) >= 11 is 0. The standard InChI is InChI=1S/C13H12FN3O/c1-8(7-15)5-12-16-13(17-18-12)10-4-3-9(2)11(14)6-10/h3-4,6,8H,5H2,1-2H3. The molecule has 2 aromatic rings. The van der Waals surface area contributed by atoms with Gasteiger partial charge in [-0.05, 0) is 25.5 Å². The van der Waals surface area contributed by atoms with Crippen LogP contribution in [-0.2, 0) is 6.42 Å². The highest BCUT2D eigenvalue weighted by Gasteiger charge is 2.12. The molecule has 0 aliphatic rings. The van der Waals surface area contributed by atoms with E-state index in [2.05, 4.69) is 16.2 Å². The van der Waals surface area contributed by atoms with Crippen LogP contribution in [0.5, 0.6) is 0 Å². The van der Waals surface area contributed by atoms with Gasteiger partial charge in [0.2, 0.25) is 11.7 Å². The van der Waals surface area contributed by atoms with Crippen molar-refractivity contribution in [3.8, 4) is 17.5 Å². The second kappa shape index (κ2) is 4.96. The molecule has 0 radical (unpaired) electrons. The summed E-state index contributed by atoms with van der Waals surface area (Å²) in [5, 5.41) is 12.5. The molecule has 1 aromatic carbocycles. The number of aromatic nitrogens is 2. The Morgan fingerprint density at radius 2 is 2.28 bits per heavy atom. The summed E-state index contributed by atoms with van der Waals surface area (Å²) in [6.07, 6.45) is 0.401. The van der Waals surface area contributed by atoms with Gasteiger partial charge in [0.25, 0.3) is 0 Å². The van der Waals surface area contributed by atoms with Crippen LogP contribution in [0.3, 0.4) is 0 Å². The lowest BCUT2D eigenvalue weighted by atomic mass is 10.1. The first kappa shape index (κ1) is 12.2. The predicted octanol–water partition coefficient (Wildman–Crippen LogP) is 2.89. The number of aryl methyl sites for hydroxylation is 1. The van der Waals surface area contributed by atoms with Crippen molar-refractivity contribution < 1.29 is 8.91 Å². The molecule has 0 saturated heterocycles. The minimum atomic E-state index is -0.302. The van der Waals surface area contributed by atoms with Crippen molar-refractivity contribution in [1.29, 1.82) is 5.26 Å². The van der Waals surface area contributed by atoms with E-state index in [1.54, 1.807) is 26.0 Å². The van der Waals surface area contributed by atoms with Crippen molar-refractivity contribution in [3.05, 3.63) is 35.5 Å². The van der Waals surface area contributed by atoms with Gasteiger partial charge >= 0.3 is 0 Å². The van der Waals surface area contributed by atoms with E-state index in [9.17, 15) is 4.39 Å². The molecule has 0 N–H and O–H groups in total. The summed E-state index contributed by atoms with van der Waals surface area (Å²) < 4.78 is 18.4. The third-order valence-corrected chi connectivity index (χ3v) is 2.60. The molecule has 1 unspecified atom stereocenters. The molecule has 0 aliphatic heterocycles. The van der Waals surface area contributed by atoms with E-state index in [1.807, 2.05) is 0 Å². The fraction of sp³-hybridized carbons (Fsp3) is 0.308. The van der Waals surface area contributed by atoms with Gasteiger partial charge in [-0.1, -0.05) is 17.3 Å². The van der Waals surface area contributed by atoms with Crippen LogP contribution in [0.15, 0.2) is 22.7 Å². The van der Waals surface area contributed by atoms with Crippen LogP contribution in [0, 0.1) is 30.0 Å². The molecule has 4 nitrogen and oxygen atoms in total. The van der Waals surface area contributed by atoms with Gasteiger partial charge in [0.15, 0.2) is 0 Å². The molecule has 5 heteroatoms. The average molecular weight is 245 g/mol. The molecule has 0 bridgehead atoms. The molecule has 92 valence electrons. The van der Waals surface area contributed by atoms with Crippen molar-refractivity contribution in [2.24, 2.45) is 5.92 Å². The molecule has 0 saturated carbocycles. The Balaban J connectivity index is 2.24. The van der Waals surface area contributed by atoms with Gasteiger partial charge < -0.3 is 4.52 Å². The Kier molecular flexibility index (Phi) is 3.38. The van der Waals surface area contributed by atoms with Crippen LogP contribution in [-0.4, -0.2) is 10.1 Å². The first-order chi connectivity index (χ1) is 8.60. The summed E-state index contributed by atoms with van der Waals surface area (Å²) in [6, 6.07) is 6.87. The van der Waals surface area contributed by atoms with Crippen LogP contribution in [0.25, 0.3) is 11.4 Å². The molecular formula is C13H12FN3O. The Morgan fingerprint density at radius 3 is 2.94 bits per heavy atom. The van der Waals surface area contributed by atoms with Gasteiger partial charge in [0.1, 0.15) is 5.82 Å². The lowest BCUT2D eigenvalue weighted by molar-refractivity contribution is 0.369. The summed E-state index contributed by atoms with van der Waals surface area (Å²) in [7, 11) is 0. The van der Waals surface area contributed by atoms with Crippen molar-refractivity contribution >= 4 is 0 Å². The Labute approximate surface area is 104 Å². The molecule has 0 fully saturated rings. The maximum Gasteiger partial charge on any atom is 0.228 e. The number of halogens is 1. The van der Waals surface area contributed by atoms with Crippen LogP contribution in [0.1, 0.15) is 18.4 Å². The minimum Gasteiger partial charge on any atom is -0.339 e. The lowest BCUT2D eigenvalue weighted by Gasteiger charge is -1.97. The average Bonchev–Trinajstić information content (AvgIpc) is 2.81. The minimum absolute atomic E-state index is 0.187. The van der Waals surface area contributed by atoms with Crippen molar-refractivity contribution in [2.75, 3.05) is 0 Å². The van der Waals surface area contributed by atoms with Crippen molar-refractivity contribution in [3.63, 3.8) is 0 Å². The van der Waals surface area contributed by atoms with Crippen LogP contribution in [0.4, 0.5) is 4.39 Å². The second-order valence-electron chi connectivity index (χ2n) is 4.21. The van der Waals surface area contributed by atoms with Gasteiger partial charge in [0.05, 0.1) is 12.0 Å². The van der Waals surface area contributed by atoms with E-state index in [4.69, 9.17) is 9.78 Å². The number of hydrogen-bond acceptors (Lipinski definition) is 4. The zero-order chi connectivity index (χ0) is 13.1. The highest BCUT2D eigenvalue weighted by Crippen LogP contribution is 2.19. The van der Waals surface area contributed by atoms with E-state index in [1.165, 1.54) is 6.07 Å². The Morgan fingerprint density at radius 1 is 1.50 bits per heavy atom. The lowest BCUT2D eigenvalue weighted by Crippen LogP contribution is -1.96. The first-order valence-corrected chi connectivity index (χ1v) is 5.59. The van der Waals surface area contributed by atoms with E-state index in [0.717, 1.165) is 0 Å². The maximum atomic E-state index is 13.4. The largest absolute Gasteiger partial charge is 0.339 e. The molecule has 1 heterocycles. The number of benzene rings is 1. The topological polar surface area (TPSA) is 62.7 Å². The van der Waals surface area contributed by atoms with E-state index >= 15 is 0 Å². The quantitative estimate of drug-likeness (QED) is 0.834. The van der Waals surface area contributed by atoms with Gasteiger partial charge in [-0.2, -0.15) is 10.2 Å². The molecule has 0 aliphatic carbocycles. The summed E-state index contributed by atoms with van der Waals surface area (Å²) in [6.45, 7) is 3.46. The zero-order valence-corrected chi connectivity index (χ0v) is 10.1. The van der Waals surface area contributed by atoms with Gasteiger partial charge in [-0.25, -0.2) is 4.39 Å². The number of nitriles is 1. The first-order valence-electron chi connectivity index (χ1n) is 5.59. The normalized spacial score (nSPS) is 12.1. The Bertz CT molecular complexity index is 601. The highest BCUT2D eigenvalue weighted by atomic mass is 19.1. The third-order valence-electron chi connectivity index (χ3n) is 2.60. The van der Waals surface area contributed by atoms with Crippen molar-refractivity contribution in [1.82, 2.24) is 10.1 Å². The van der Waals surface area contributed by atoms with Crippen LogP contribution < -0.4 is 0 Å². The highest BCUT2D eigenvalue weighted by molar-refractivity contribution is 5.54. The SMILES string of the molecule is Cc1ccc(-c2noc(CC(C)C#N)n2)cc1F. The molecule has 1 atom stereocenters. The summed E-state index contributed by atoms with van der Waals surface area (Å²) in [4.78, 5) is 4.14. The predicted molar refractivity (Wildman–Crippen MR) is 62.9 cm³/mol. The molecular weight excluding hydrogens is 233 g/mol.